The number of aromatic nitrogens is 2. The van der Waals surface area contributed by atoms with E-state index < -0.39 is 4.65 Å². The van der Waals surface area contributed by atoms with Crippen molar-refractivity contribution < 1.29 is 0 Å². The minimum atomic E-state index is -0.452. The van der Waals surface area contributed by atoms with E-state index in [0.717, 1.165) is 26.4 Å². The van der Waals surface area contributed by atoms with Crippen LogP contribution in [-0.2, 0) is 0 Å². The summed E-state index contributed by atoms with van der Waals surface area (Å²) in [5, 5.41) is 13.9. The third-order valence-corrected chi connectivity index (χ3v) is 4.99. The zero-order valence-corrected chi connectivity index (χ0v) is 15.4. The Labute approximate surface area is 147 Å². The van der Waals surface area contributed by atoms with Crippen LogP contribution < -0.4 is 4.65 Å². The summed E-state index contributed by atoms with van der Waals surface area (Å²) in [6.45, 7) is 2.75. The topological polar surface area (TPSA) is 64.1 Å². The zero-order valence-electron chi connectivity index (χ0n) is 12.5. The molecule has 0 amide bonds. The van der Waals surface area contributed by atoms with Crippen LogP contribution in [0.15, 0.2) is 29.3 Å². The van der Waals surface area contributed by atoms with Gasteiger partial charge >= 0.3 is 0 Å². The Morgan fingerprint density at radius 2 is 2.27 bits per heavy atom. The minimum absolute atomic E-state index is 0.227. The summed E-state index contributed by atoms with van der Waals surface area (Å²) < 4.78 is 0.687. The molecular formula is C15H17IN4OS. The van der Waals surface area contributed by atoms with Crippen LogP contribution >= 0.6 is 34.4 Å². The monoisotopic (exact) mass is 428 g/mol. The first-order chi connectivity index (χ1) is 10.6. The Bertz CT molecular complexity index is 730. The SMILES string of the molecule is CCC[N+]1([O-])CN=C(SC)c2nc(-c3cccc(I)c3)[nH]c21. The molecule has 2 heterocycles. The van der Waals surface area contributed by atoms with E-state index in [1.54, 1.807) is 0 Å². The number of aliphatic imine (C=N–C) groups is 1. The predicted octanol–water partition coefficient (Wildman–Crippen LogP) is 3.98. The molecule has 116 valence electrons. The lowest BCUT2D eigenvalue weighted by molar-refractivity contribution is 0.369. The molecule has 1 unspecified atom stereocenters. The van der Waals surface area contributed by atoms with Crippen molar-refractivity contribution in [3.8, 4) is 11.4 Å². The van der Waals surface area contributed by atoms with Crippen LogP contribution in [-0.4, -0.2) is 34.5 Å². The van der Waals surface area contributed by atoms with Crippen molar-refractivity contribution in [2.75, 3.05) is 19.5 Å². The molecule has 1 aromatic heterocycles. The van der Waals surface area contributed by atoms with Crippen LogP contribution in [0.3, 0.4) is 0 Å². The van der Waals surface area contributed by atoms with E-state index in [-0.39, 0.29) is 6.67 Å². The zero-order chi connectivity index (χ0) is 15.7. The first-order valence-electron chi connectivity index (χ1n) is 7.11. The van der Waals surface area contributed by atoms with Crippen molar-refractivity contribution in [2.24, 2.45) is 4.99 Å². The number of aromatic amines is 1. The van der Waals surface area contributed by atoms with Gasteiger partial charge in [-0.1, -0.05) is 19.1 Å². The lowest BCUT2D eigenvalue weighted by Gasteiger charge is -2.41. The molecule has 3 rings (SSSR count). The second kappa shape index (κ2) is 6.31. The summed E-state index contributed by atoms with van der Waals surface area (Å²) in [6, 6.07) is 8.09. The summed E-state index contributed by atoms with van der Waals surface area (Å²) >= 11 is 3.81. The summed E-state index contributed by atoms with van der Waals surface area (Å²) in [5.41, 5.74) is 1.70. The molecule has 1 aliphatic rings. The Hall–Kier alpha value is -0.900. The molecule has 0 saturated heterocycles. The number of thioether (sulfide) groups is 1. The number of hydroxylamine groups is 2. The minimum Gasteiger partial charge on any atom is -0.625 e. The molecule has 0 saturated carbocycles. The lowest BCUT2D eigenvalue weighted by atomic mass is 10.2. The van der Waals surface area contributed by atoms with Gasteiger partial charge in [-0.15, -0.1) is 11.8 Å². The molecule has 5 nitrogen and oxygen atoms in total. The number of nitrogens with one attached hydrogen (secondary N) is 1. The fraction of sp³-hybridized carbons (Fsp3) is 0.333. The molecule has 22 heavy (non-hydrogen) atoms. The second-order valence-electron chi connectivity index (χ2n) is 5.21. The molecule has 0 aliphatic carbocycles. The summed E-state index contributed by atoms with van der Waals surface area (Å²) in [7, 11) is 0. The molecule has 1 N–H and O–H groups in total. The van der Waals surface area contributed by atoms with Gasteiger partial charge in [0.2, 0.25) is 5.82 Å². The molecule has 1 aliphatic heterocycles. The number of imidazole rings is 1. The van der Waals surface area contributed by atoms with Crippen LogP contribution in [0.4, 0.5) is 5.82 Å². The van der Waals surface area contributed by atoms with Crippen molar-refractivity contribution >= 4 is 45.2 Å². The number of nitrogens with zero attached hydrogens (tertiary/aromatic N) is 3. The summed E-state index contributed by atoms with van der Waals surface area (Å²) in [4.78, 5) is 12.4. The van der Waals surface area contributed by atoms with Crippen LogP contribution in [0, 0.1) is 8.78 Å². The maximum absolute atomic E-state index is 13.1. The molecule has 1 aromatic carbocycles. The van der Waals surface area contributed by atoms with Crippen molar-refractivity contribution in [3.05, 3.63) is 38.7 Å². The van der Waals surface area contributed by atoms with Gasteiger partial charge in [-0.2, -0.15) is 0 Å². The number of rotatable bonds is 3. The molecule has 0 fully saturated rings. The number of benzene rings is 1. The van der Waals surface area contributed by atoms with Crippen molar-refractivity contribution in [1.82, 2.24) is 14.6 Å². The Kier molecular flexibility index (Phi) is 4.58. The Morgan fingerprint density at radius 3 is 2.95 bits per heavy atom. The predicted molar refractivity (Wildman–Crippen MR) is 102 cm³/mol. The highest BCUT2D eigenvalue weighted by molar-refractivity contribution is 14.1. The van der Waals surface area contributed by atoms with E-state index in [1.165, 1.54) is 11.8 Å². The van der Waals surface area contributed by atoms with E-state index in [2.05, 4.69) is 43.6 Å². The second-order valence-corrected chi connectivity index (χ2v) is 7.26. The molecule has 0 radical (unpaired) electrons. The van der Waals surface area contributed by atoms with Crippen LogP contribution in [0.2, 0.25) is 0 Å². The van der Waals surface area contributed by atoms with Gasteiger partial charge in [0.25, 0.3) is 0 Å². The first kappa shape index (κ1) is 16.0. The Balaban J connectivity index is 2.11. The number of hydrogen-bond donors (Lipinski definition) is 1. The average molecular weight is 428 g/mol. The molecule has 1 atom stereocenters. The smallest absolute Gasteiger partial charge is 0.237 e. The highest BCUT2D eigenvalue weighted by atomic mass is 127. The molecule has 2 aromatic rings. The van der Waals surface area contributed by atoms with Crippen LogP contribution in [0.25, 0.3) is 11.4 Å². The van der Waals surface area contributed by atoms with E-state index in [1.807, 2.05) is 31.4 Å². The van der Waals surface area contributed by atoms with Gasteiger partial charge in [0, 0.05) is 9.13 Å². The standard InChI is InChI=1S/C15H17IN4OS/c1-3-7-20(21)9-17-15(22-2)12-14(20)19-13(18-12)10-5-4-6-11(16)8-10/h4-6,8H,3,7,9H2,1-2H3,(H,18,19). The quantitative estimate of drug-likeness (QED) is 0.457. The number of fused-ring (bicyclic) bond motifs is 1. The van der Waals surface area contributed by atoms with Gasteiger partial charge in [0.15, 0.2) is 12.4 Å². The van der Waals surface area contributed by atoms with Gasteiger partial charge in [0.1, 0.15) is 10.9 Å². The maximum atomic E-state index is 13.1. The number of H-pyrrole nitrogens is 1. The largest absolute Gasteiger partial charge is 0.625 e. The molecule has 0 spiro atoms. The maximum Gasteiger partial charge on any atom is 0.237 e. The highest BCUT2D eigenvalue weighted by Gasteiger charge is 2.33. The van der Waals surface area contributed by atoms with Gasteiger partial charge in [-0.25, -0.2) is 9.98 Å². The Morgan fingerprint density at radius 1 is 1.45 bits per heavy atom. The molecular weight excluding hydrogens is 411 g/mol. The van der Waals surface area contributed by atoms with Gasteiger partial charge in [-0.3, -0.25) is 9.63 Å². The van der Waals surface area contributed by atoms with Crippen molar-refractivity contribution in [2.45, 2.75) is 13.3 Å². The van der Waals surface area contributed by atoms with Gasteiger partial charge < -0.3 is 5.21 Å². The first-order valence-corrected chi connectivity index (χ1v) is 9.41. The van der Waals surface area contributed by atoms with Crippen LogP contribution in [0.1, 0.15) is 19.0 Å². The van der Waals surface area contributed by atoms with E-state index in [4.69, 9.17) is 0 Å². The number of halogens is 1. The summed E-state index contributed by atoms with van der Waals surface area (Å²) in [6.07, 6.45) is 2.78. The number of hydrogen-bond acceptors (Lipinski definition) is 4. The van der Waals surface area contributed by atoms with Crippen LogP contribution in [0.5, 0.6) is 0 Å². The third kappa shape index (κ3) is 2.82. The molecule has 7 heteroatoms. The van der Waals surface area contributed by atoms with E-state index in [0.29, 0.717) is 18.1 Å². The van der Waals surface area contributed by atoms with Crippen molar-refractivity contribution in [3.63, 3.8) is 0 Å². The van der Waals surface area contributed by atoms with Gasteiger partial charge in [-0.05, 0) is 47.4 Å². The van der Waals surface area contributed by atoms with E-state index in [9.17, 15) is 5.21 Å². The fourth-order valence-corrected chi connectivity index (χ4v) is 3.68. The number of quaternary nitrogens is 1. The average Bonchev–Trinajstić information content (AvgIpc) is 2.95. The third-order valence-electron chi connectivity index (χ3n) is 3.61. The molecule has 0 bridgehead atoms. The van der Waals surface area contributed by atoms with Gasteiger partial charge in [0.05, 0.1) is 6.54 Å². The summed E-state index contributed by atoms with van der Waals surface area (Å²) in [5.74, 6) is 1.37. The fourth-order valence-electron chi connectivity index (χ4n) is 2.61. The normalized spacial score (nSPS) is 20.6. The van der Waals surface area contributed by atoms with E-state index >= 15 is 0 Å². The lowest BCUT2D eigenvalue weighted by Crippen LogP contribution is -2.47. The highest BCUT2D eigenvalue weighted by Crippen LogP contribution is 2.34. The van der Waals surface area contributed by atoms with Crippen molar-refractivity contribution in [1.29, 1.82) is 0 Å².